The number of pyridine rings is 1. The van der Waals surface area contributed by atoms with Crippen molar-refractivity contribution in [2.24, 2.45) is 0 Å². The number of ether oxygens (including phenoxy) is 2. The quantitative estimate of drug-likeness (QED) is 0.319. The Morgan fingerprint density at radius 2 is 1.92 bits per heavy atom. The van der Waals surface area contributed by atoms with E-state index in [1.807, 2.05) is 6.92 Å². The Morgan fingerprint density at radius 1 is 1.19 bits per heavy atom. The molecule has 0 spiro atoms. The van der Waals surface area contributed by atoms with Crippen molar-refractivity contribution in [1.82, 2.24) is 15.0 Å². The van der Waals surface area contributed by atoms with Gasteiger partial charge in [-0.2, -0.15) is 13.2 Å². The lowest BCUT2D eigenvalue weighted by Gasteiger charge is -2.32. The van der Waals surface area contributed by atoms with Gasteiger partial charge in [0.15, 0.2) is 0 Å². The first kappa shape index (κ1) is 26.2. The van der Waals surface area contributed by atoms with Crippen LogP contribution in [0, 0.1) is 5.82 Å². The van der Waals surface area contributed by atoms with Crippen LogP contribution in [0.15, 0.2) is 30.5 Å². The van der Waals surface area contributed by atoms with E-state index >= 15 is 0 Å². The number of nitrogens with zero attached hydrogens (tertiary/aromatic N) is 2. The van der Waals surface area contributed by atoms with E-state index in [1.165, 1.54) is 7.11 Å². The van der Waals surface area contributed by atoms with Gasteiger partial charge in [0.05, 0.1) is 12.7 Å². The maximum absolute atomic E-state index is 14.6. The summed E-state index contributed by atoms with van der Waals surface area (Å²) in [4.78, 5) is 11.3. The van der Waals surface area contributed by atoms with E-state index in [9.17, 15) is 22.0 Å². The van der Waals surface area contributed by atoms with Gasteiger partial charge < -0.3 is 14.5 Å². The Labute approximate surface area is 210 Å². The predicted molar refractivity (Wildman–Crippen MR) is 124 cm³/mol. The Balaban J connectivity index is 1.49. The molecular formula is C25H25ClF5N3O2. The molecule has 4 rings (SSSR count). The first-order valence-corrected chi connectivity index (χ1v) is 11.9. The molecule has 5 nitrogen and oxygen atoms in total. The molecule has 194 valence electrons. The zero-order valence-electron chi connectivity index (χ0n) is 19.7. The minimum Gasteiger partial charge on any atom is -0.496 e. The summed E-state index contributed by atoms with van der Waals surface area (Å²) >= 11 is 6.45. The highest BCUT2D eigenvalue weighted by Gasteiger charge is 2.35. The van der Waals surface area contributed by atoms with Gasteiger partial charge in [-0.25, -0.2) is 13.8 Å². The van der Waals surface area contributed by atoms with E-state index < -0.39 is 23.2 Å². The summed E-state index contributed by atoms with van der Waals surface area (Å²) in [6.45, 7) is 1.48. The molecule has 1 saturated carbocycles. The van der Waals surface area contributed by atoms with Crippen molar-refractivity contribution < 1.29 is 31.4 Å². The van der Waals surface area contributed by atoms with E-state index in [2.05, 4.69) is 15.0 Å². The van der Waals surface area contributed by atoms with Crippen molar-refractivity contribution in [1.29, 1.82) is 0 Å². The largest absolute Gasteiger partial charge is 0.496 e. The smallest absolute Gasteiger partial charge is 0.417 e. The Morgan fingerprint density at radius 3 is 2.53 bits per heavy atom. The summed E-state index contributed by atoms with van der Waals surface area (Å²) in [7, 11) is 1.45. The van der Waals surface area contributed by atoms with Crippen LogP contribution in [0.2, 0.25) is 5.15 Å². The second kappa shape index (κ2) is 10.2. The summed E-state index contributed by atoms with van der Waals surface area (Å²) < 4.78 is 77.8. The molecule has 0 saturated heterocycles. The zero-order chi connectivity index (χ0) is 26.1. The minimum atomic E-state index is -4.69. The molecule has 0 atom stereocenters. The molecule has 2 heterocycles. The molecule has 0 radical (unpaired) electrons. The maximum atomic E-state index is 14.6. The number of hydrogen-bond acceptors (Lipinski definition) is 4. The van der Waals surface area contributed by atoms with Crippen LogP contribution in [0.4, 0.5) is 22.0 Å². The number of alkyl halides is 4. The third-order valence-corrected chi connectivity index (χ3v) is 6.90. The molecule has 1 aliphatic rings. The second-order valence-corrected chi connectivity index (χ2v) is 9.24. The molecule has 1 aromatic carbocycles. The van der Waals surface area contributed by atoms with Crippen molar-refractivity contribution in [2.45, 2.75) is 63.4 Å². The number of H-pyrrole nitrogens is 1. The van der Waals surface area contributed by atoms with E-state index in [1.54, 1.807) is 18.2 Å². The van der Waals surface area contributed by atoms with Gasteiger partial charge in [-0.3, -0.25) is 4.98 Å². The summed E-state index contributed by atoms with van der Waals surface area (Å²) in [5.41, 5.74) is -1.50. The number of aromatic amines is 1. The molecule has 3 aromatic rings. The van der Waals surface area contributed by atoms with Crippen LogP contribution in [0.5, 0.6) is 11.5 Å². The third kappa shape index (κ3) is 5.58. The van der Waals surface area contributed by atoms with Crippen molar-refractivity contribution >= 4 is 11.6 Å². The SMILES string of the molecule is CCC1(F)CCC(c2nc(-c3ccc(OCc4ncc(C(F)(F)F)cc4F)cc3OC)c(Cl)[nH]2)CC1. The molecule has 11 heteroatoms. The molecule has 0 amide bonds. The van der Waals surface area contributed by atoms with Crippen LogP contribution in [0.25, 0.3) is 11.3 Å². The highest BCUT2D eigenvalue weighted by atomic mass is 35.5. The fourth-order valence-corrected chi connectivity index (χ4v) is 4.58. The summed E-state index contributed by atoms with van der Waals surface area (Å²) in [5, 5.41) is 0.320. The van der Waals surface area contributed by atoms with E-state index in [0.717, 1.165) is 0 Å². The average Bonchev–Trinajstić information content (AvgIpc) is 3.24. The van der Waals surface area contributed by atoms with Gasteiger partial charge in [0.25, 0.3) is 0 Å². The number of benzene rings is 1. The average molecular weight is 530 g/mol. The molecule has 0 aliphatic heterocycles. The van der Waals surface area contributed by atoms with Crippen LogP contribution < -0.4 is 9.47 Å². The number of nitrogens with one attached hydrogen (secondary N) is 1. The molecule has 1 N–H and O–H groups in total. The zero-order valence-corrected chi connectivity index (χ0v) is 20.4. The molecule has 2 aromatic heterocycles. The van der Waals surface area contributed by atoms with E-state index in [-0.39, 0.29) is 24.0 Å². The van der Waals surface area contributed by atoms with Crippen LogP contribution in [0.1, 0.15) is 62.0 Å². The number of methoxy groups -OCH3 is 1. The number of rotatable bonds is 7. The van der Waals surface area contributed by atoms with Crippen molar-refractivity contribution in [3.8, 4) is 22.8 Å². The molecule has 1 aliphatic carbocycles. The Kier molecular flexibility index (Phi) is 7.45. The topological polar surface area (TPSA) is 60.0 Å². The number of halogens is 6. The van der Waals surface area contributed by atoms with Crippen molar-refractivity contribution in [3.63, 3.8) is 0 Å². The van der Waals surface area contributed by atoms with Gasteiger partial charge in [-0.1, -0.05) is 18.5 Å². The van der Waals surface area contributed by atoms with Gasteiger partial charge in [0.2, 0.25) is 0 Å². The Bertz CT molecular complexity index is 1220. The second-order valence-electron chi connectivity index (χ2n) is 8.86. The highest BCUT2D eigenvalue weighted by Crippen LogP contribution is 2.43. The van der Waals surface area contributed by atoms with Crippen molar-refractivity contribution in [3.05, 3.63) is 58.5 Å². The van der Waals surface area contributed by atoms with Crippen LogP contribution >= 0.6 is 11.6 Å². The van der Waals surface area contributed by atoms with Gasteiger partial charge in [0, 0.05) is 23.7 Å². The lowest BCUT2D eigenvalue weighted by molar-refractivity contribution is -0.138. The number of aromatic nitrogens is 3. The Hall–Kier alpha value is -2.88. The van der Waals surface area contributed by atoms with Crippen LogP contribution in [-0.4, -0.2) is 27.7 Å². The summed E-state index contributed by atoms with van der Waals surface area (Å²) in [6, 6.07) is 5.18. The van der Waals surface area contributed by atoms with Crippen molar-refractivity contribution in [2.75, 3.05) is 7.11 Å². The lowest BCUT2D eigenvalue weighted by Crippen LogP contribution is -2.28. The molecule has 36 heavy (non-hydrogen) atoms. The maximum Gasteiger partial charge on any atom is 0.417 e. The van der Waals surface area contributed by atoms with Gasteiger partial charge in [-0.15, -0.1) is 0 Å². The lowest BCUT2D eigenvalue weighted by atomic mass is 9.78. The first-order chi connectivity index (χ1) is 17.0. The highest BCUT2D eigenvalue weighted by molar-refractivity contribution is 6.32. The van der Waals surface area contributed by atoms with Crippen LogP contribution in [0.3, 0.4) is 0 Å². The minimum absolute atomic E-state index is 0.0754. The normalized spacial score (nSPS) is 20.4. The fourth-order valence-electron chi connectivity index (χ4n) is 4.34. The van der Waals surface area contributed by atoms with E-state index in [4.69, 9.17) is 21.1 Å². The van der Waals surface area contributed by atoms with Gasteiger partial charge in [0.1, 0.15) is 52.0 Å². The summed E-state index contributed by atoms with van der Waals surface area (Å²) in [5.74, 6) is 0.321. The number of hydrogen-bond donors (Lipinski definition) is 1. The molecule has 0 unspecified atom stereocenters. The third-order valence-electron chi connectivity index (χ3n) is 6.63. The van der Waals surface area contributed by atoms with Gasteiger partial charge in [-0.05, 0) is 50.3 Å². The van der Waals surface area contributed by atoms with Gasteiger partial charge >= 0.3 is 6.18 Å². The fraction of sp³-hybridized carbons (Fsp3) is 0.440. The van der Waals surface area contributed by atoms with Crippen LogP contribution in [-0.2, 0) is 12.8 Å². The number of imidazole rings is 1. The molecule has 1 fully saturated rings. The molecule has 0 bridgehead atoms. The summed E-state index contributed by atoms with van der Waals surface area (Å²) in [6.07, 6.45) is -1.33. The van der Waals surface area contributed by atoms with E-state index in [0.29, 0.717) is 72.4 Å². The predicted octanol–water partition coefficient (Wildman–Crippen LogP) is 7.65. The monoisotopic (exact) mass is 529 g/mol. The molecular weight excluding hydrogens is 505 g/mol. The first-order valence-electron chi connectivity index (χ1n) is 11.5. The standard InChI is InChI=1S/C25H25ClF5N3O2/c1-3-24(28)8-6-14(7-9-24)23-33-21(22(26)34-23)17-5-4-16(11-20(17)35-2)36-13-19-18(27)10-15(12-32-19)25(29,30)31/h4-5,10-12,14H,3,6-9,13H2,1-2H3,(H,33,34).